The molecule has 4 rings (SSSR count). The highest BCUT2D eigenvalue weighted by atomic mass is 16.5. The van der Waals surface area contributed by atoms with Crippen LogP contribution in [0.25, 0.3) is 6.08 Å². The van der Waals surface area contributed by atoms with Gasteiger partial charge in [0, 0.05) is 37.4 Å². The highest BCUT2D eigenvalue weighted by Gasteiger charge is 2.59. The summed E-state index contributed by atoms with van der Waals surface area (Å²) in [6.07, 6.45) is 8.37. The van der Waals surface area contributed by atoms with Crippen molar-refractivity contribution < 1.29 is 14.6 Å². The van der Waals surface area contributed by atoms with Crippen molar-refractivity contribution in [1.82, 2.24) is 0 Å². The SMILES string of the molecule is CN(C)c1ccc(C=CC=CC23OCCN2c2ccc(CC(=O)O)cc2C3(C)C)cc1. The molecule has 5 heteroatoms. The minimum Gasteiger partial charge on any atom is -0.481 e. The van der Waals surface area contributed by atoms with Crippen molar-refractivity contribution in [3.8, 4) is 0 Å². The van der Waals surface area contributed by atoms with Gasteiger partial charge in [0.25, 0.3) is 0 Å². The molecule has 0 saturated carbocycles. The molecule has 2 heterocycles. The molecule has 0 bridgehead atoms. The van der Waals surface area contributed by atoms with E-state index in [1.165, 1.54) is 5.69 Å². The number of hydrogen-bond acceptors (Lipinski definition) is 4. The summed E-state index contributed by atoms with van der Waals surface area (Å²) in [5, 5.41) is 9.18. The fourth-order valence-electron chi connectivity index (χ4n) is 4.73. The van der Waals surface area contributed by atoms with E-state index in [1.54, 1.807) is 0 Å². The Kier molecular flexibility index (Phi) is 5.40. The zero-order valence-corrected chi connectivity index (χ0v) is 18.6. The van der Waals surface area contributed by atoms with E-state index in [-0.39, 0.29) is 11.8 Å². The molecule has 1 unspecified atom stereocenters. The zero-order chi connectivity index (χ0) is 22.2. The Labute approximate surface area is 184 Å². The van der Waals surface area contributed by atoms with E-state index in [0.717, 1.165) is 28.9 Å². The normalized spacial score (nSPS) is 21.6. The van der Waals surface area contributed by atoms with Crippen LogP contribution >= 0.6 is 0 Å². The third kappa shape index (κ3) is 3.63. The molecule has 0 aromatic heterocycles. The molecule has 162 valence electrons. The van der Waals surface area contributed by atoms with Crippen molar-refractivity contribution in [2.45, 2.75) is 31.4 Å². The van der Waals surface area contributed by atoms with Gasteiger partial charge >= 0.3 is 5.97 Å². The standard InChI is InChI=1S/C26H30N2O3/c1-25(2)22-17-20(18-24(29)30)10-13-23(22)28-15-16-31-26(25,28)14-6-5-7-19-8-11-21(12-9-19)27(3)4/h5-14,17H,15-16,18H2,1-4H3,(H,29,30). The van der Waals surface area contributed by atoms with Crippen LogP contribution in [0.1, 0.15) is 30.5 Å². The summed E-state index contributed by atoms with van der Waals surface area (Å²) in [4.78, 5) is 15.6. The lowest BCUT2D eigenvalue weighted by Crippen LogP contribution is -2.51. The van der Waals surface area contributed by atoms with Gasteiger partial charge in [-0.1, -0.05) is 56.3 Å². The van der Waals surface area contributed by atoms with Gasteiger partial charge in [-0.25, -0.2) is 0 Å². The van der Waals surface area contributed by atoms with E-state index < -0.39 is 11.7 Å². The monoisotopic (exact) mass is 418 g/mol. The summed E-state index contributed by atoms with van der Waals surface area (Å²) >= 11 is 0. The molecule has 0 amide bonds. The van der Waals surface area contributed by atoms with Gasteiger partial charge in [-0.15, -0.1) is 0 Å². The first kappa shape index (κ1) is 21.2. The van der Waals surface area contributed by atoms with Gasteiger partial charge in [-0.05, 0) is 41.0 Å². The maximum atomic E-state index is 11.2. The summed E-state index contributed by atoms with van der Waals surface area (Å²) in [5.41, 5.74) is 4.52. The number of aliphatic carboxylic acids is 1. The van der Waals surface area contributed by atoms with Gasteiger partial charge in [-0.2, -0.15) is 0 Å². The summed E-state index contributed by atoms with van der Waals surface area (Å²) in [6.45, 7) is 5.83. The number of carbonyl (C=O) groups is 1. The van der Waals surface area contributed by atoms with Crippen LogP contribution in [0, 0.1) is 0 Å². The summed E-state index contributed by atoms with van der Waals surface area (Å²) in [5.74, 6) is -0.814. The zero-order valence-electron chi connectivity index (χ0n) is 18.6. The average Bonchev–Trinajstić information content (AvgIpc) is 3.22. The van der Waals surface area contributed by atoms with Crippen molar-refractivity contribution in [1.29, 1.82) is 0 Å². The molecule has 31 heavy (non-hydrogen) atoms. The van der Waals surface area contributed by atoms with Crippen LogP contribution in [-0.2, 0) is 21.4 Å². The molecule has 1 fully saturated rings. The minimum atomic E-state index is -0.814. The maximum Gasteiger partial charge on any atom is 0.307 e. The number of allylic oxidation sites excluding steroid dienone is 2. The van der Waals surface area contributed by atoms with Gasteiger partial charge in [0.1, 0.15) is 0 Å². The Morgan fingerprint density at radius 3 is 2.58 bits per heavy atom. The van der Waals surface area contributed by atoms with Crippen LogP contribution in [0.4, 0.5) is 11.4 Å². The quantitative estimate of drug-likeness (QED) is 0.702. The summed E-state index contributed by atoms with van der Waals surface area (Å²) in [7, 11) is 4.07. The van der Waals surface area contributed by atoms with Crippen LogP contribution in [0.15, 0.2) is 60.7 Å². The van der Waals surface area contributed by atoms with Crippen LogP contribution in [-0.4, -0.2) is 44.0 Å². The van der Waals surface area contributed by atoms with Gasteiger partial charge in [0.2, 0.25) is 0 Å². The first-order valence-corrected chi connectivity index (χ1v) is 10.6. The van der Waals surface area contributed by atoms with E-state index in [9.17, 15) is 9.90 Å². The Morgan fingerprint density at radius 1 is 1.16 bits per heavy atom. The lowest BCUT2D eigenvalue weighted by Gasteiger charge is -2.39. The topological polar surface area (TPSA) is 53.0 Å². The molecule has 2 aliphatic heterocycles. The van der Waals surface area contributed by atoms with Crippen molar-refractivity contribution >= 4 is 23.4 Å². The number of benzene rings is 2. The predicted molar refractivity (Wildman–Crippen MR) is 126 cm³/mol. The van der Waals surface area contributed by atoms with Crippen molar-refractivity contribution in [3.63, 3.8) is 0 Å². The highest BCUT2D eigenvalue weighted by Crippen LogP contribution is 2.55. The molecule has 5 nitrogen and oxygen atoms in total. The van der Waals surface area contributed by atoms with Crippen molar-refractivity contribution in [2.24, 2.45) is 0 Å². The molecule has 2 aliphatic rings. The summed E-state index contributed by atoms with van der Waals surface area (Å²) < 4.78 is 6.36. The lowest BCUT2D eigenvalue weighted by atomic mass is 9.77. The number of ether oxygens (including phenoxy) is 1. The fourth-order valence-corrected chi connectivity index (χ4v) is 4.73. The molecular formula is C26H30N2O3. The molecule has 0 aliphatic carbocycles. The average molecular weight is 419 g/mol. The van der Waals surface area contributed by atoms with Gasteiger partial charge < -0.3 is 19.6 Å². The van der Waals surface area contributed by atoms with Gasteiger partial charge in [0.15, 0.2) is 5.72 Å². The molecule has 1 saturated heterocycles. The molecule has 1 atom stereocenters. The maximum absolute atomic E-state index is 11.2. The smallest absolute Gasteiger partial charge is 0.307 e. The van der Waals surface area contributed by atoms with E-state index in [4.69, 9.17) is 4.74 Å². The number of carboxylic acids is 1. The van der Waals surface area contributed by atoms with E-state index in [0.29, 0.717) is 6.61 Å². The Balaban J connectivity index is 1.60. The van der Waals surface area contributed by atoms with Gasteiger partial charge in [0.05, 0.1) is 13.0 Å². The number of rotatable bonds is 6. The van der Waals surface area contributed by atoms with E-state index in [1.807, 2.05) is 38.4 Å². The van der Waals surface area contributed by atoms with Gasteiger partial charge in [-0.3, -0.25) is 4.79 Å². The van der Waals surface area contributed by atoms with Crippen molar-refractivity contribution in [3.05, 3.63) is 77.4 Å². The number of fused-ring (bicyclic) bond motifs is 3. The number of hydrogen-bond donors (Lipinski definition) is 1. The third-order valence-electron chi connectivity index (χ3n) is 6.45. The Hall–Kier alpha value is -3.05. The van der Waals surface area contributed by atoms with E-state index in [2.05, 4.69) is 66.1 Å². The fraction of sp³-hybridized carbons (Fsp3) is 0.346. The second-order valence-corrected chi connectivity index (χ2v) is 8.95. The molecule has 2 aromatic rings. The number of nitrogens with zero attached hydrogens (tertiary/aromatic N) is 2. The van der Waals surface area contributed by atoms with Crippen molar-refractivity contribution in [2.75, 3.05) is 37.0 Å². The first-order valence-electron chi connectivity index (χ1n) is 10.6. The number of carboxylic acid groups (broad SMARTS) is 1. The van der Waals surface area contributed by atoms with E-state index >= 15 is 0 Å². The molecule has 0 spiro atoms. The van der Waals surface area contributed by atoms with Crippen LogP contribution < -0.4 is 9.80 Å². The Morgan fingerprint density at radius 2 is 1.90 bits per heavy atom. The molecule has 0 radical (unpaired) electrons. The van der Waals surface area contributed by atoms with Crippen LogP contribution in [0.5, 0.6) is 0 Å². The first-order chi connectivity index (χ1) is 14.7. The third-order valence-corrected chi connectivity index (χ3v) is 6.45. The molecule has 1 N–H and O–H groups in total. The second kappa shape index (κ2) is 7.89. The summed E-state index contributed by atoms with van der Waals surface area (Å²) in [6, 6.07) is 14.4. The minimum absolute atomic E-state index is 0.0302. The Bertz CT molecular complexity index is 1040. The molecule has 2 aromatic carbocycles. The largest absolute Gasteiger partial charge is 0.481 e. The predicted octanol–water partition coefficient (Wildman–Crippen LogP) is 4.47. The second-order valence-electron chi connectivity index (χ2n) is 8.95. The molecular weight excluding hydrogens is 388 g/mol. The lowest BCUT2D eigenvalue weighted by molar-refractivity contribution is -0.136. The van der Waals surface area contributed by atoms with Crippen LogP contribution in [0.3, 0.4) is 0 Å². The van der Waals surface area contributed by atoms with Crippen LogP contribution in [0.2, 0.25) is 0 Å². The number of anilines is 2. The highest BCUT2D eigenvalue weighted by molar-refractivity contribution is 5.73.